The lowest BCUT2D eigenvalue weighted by Crippen LogP contribution is -1.91. The maximum atomic E-state index is 9.92. The highest BCUT2D eigenvalue weighted by Crippen LogP contribution is 2.39. The standard InChI is InChI=1S/C26H18.C3H3NO2/c1-3-9-19(10-4-1)24-16-15-23-17-21-13-7-8-14-22(21)18-25(23)26(24)20-11-5-2-6-12-20;5-3-1-2-6-4-3/h1-18H;1-2H,(H,4,5). The van der Waals surface area contributed by atoms with Gasteiger partial charge in [0.1, 0.15) is 6.26 Å². The molecule has 0 aliphatic carbocycles. The van der Waals surface area contributed by atoms with Crippen molar-refractivity contribution in [2.75, 3.05) is 0 Å². The quantitative estimate of drug-likeness (QED) is 0.302. The summed E-state index contributed by atoms with van der Waals surface area (Å²) >= 11 is 0. The zero-order valence-electron chi connectivity index (χ0n) is 17.4. The summed E-state index contributed by atoms with van der Waals surface area (Å²) in [6.07, 6.45) is 1.29. The monoisotopic (exact) mass is 415 g/mol. The predicted molar refractivity (Wildman–Crippen MR) is 132 cm³/mol. The zero-order valence-corrected chi connectivity index (χ0v) is 17.4. The number of rotatable bonds is 2. The first-order chi connectivity index (χ1) is 15.8. The number of hydrogen-bond acceptors (Lipinski definition) is 2. The average molecular weight is 415 g/mol. The van der Waals surface area contributed by atoms with E-state index in [0.29, 0.717) is 0 Å². The Bertz CT molecular complexity index is 1510. The number of aromatic nitrogens is 1. The number of H-pyrrole nitrogens is 1. The van der Waals surface area contributed by atoms with Gasteiger partial charge in [-0.1, -0.05) is 97.1 Å². The van der Waals surface area contributed by atoms with Gasteiger partial charge in [0.25, 0.3) is 5.56 Å². The normalized spacial score (nSPS) is 10.6. The molecule has 0 amide bonds. The van der Waals surface area contributed by atoms with Crippen LogP contribution in [0.3, 0.4) is 0 Å². The van der Waals surface area contributed by atoms with Gasteiger partial charge in [-0.15, -0.1) is 0 Å². The van der Waals surface area contributed by atoms with Crippen LogP contribution in [0.25, 0.3) is 43.8 Å². The molecule has 0 spiro atoms. The number of hydrogen-bond donors (Lipinski definition) is 1. The third-order valence-corrected chi connectivity index (χ3v) is 5.48. The Morgan fingerprint density at radius 3 is 1.78 bits per heavy atom. The Balaban J connectivity index is 0.000000314. The molecule has 3 nitrogen and oxygen atoms in total. The van der Waals surface area contributed by atoms with Gasteiger partial charge in [-0.3, -0.25) is 4.79 Å². The first-order valence-electron chi connectivity index (χ1n) is 10.5. The highest BCUT2D eigenvalue weighted by Gasteiger charge is 2.12. The molecule has 0 atom stereocenters. The number of nitrogens with one attached hydrogen (secondary N) is 1. The Morgan fingerprint density at radius 1 is 0.562 bits per heavy atom. The molecule has 3 heteroatoms. The fraction of sp³-hybridized carbons (Fsp3) is 0. The largest absolute Gasteiger partial charge is 0.387 e. The van der Waals surface area contributed by atoms with Gasteiger partial charge in [-0.05, 0) is 55.9 Å². The lowest BCUT2D eigenvalue weighted by molar-refractivity contribution is 0.413. The summed E-state index contributed by atoms with van der Waals surface area (Å²) in [5.74, 6) is 0. The Morgan fingerprint density at radius 2 is 1.19 bits per heavy atom. The SMILES string of the molecule is O=c1cco[nH]1.c1ccc(-c2ccc3cc4ccccc4cc3c2-c2ccccc2)cc1. The van der Waals surface area contributed by atoms with Crippen molar-refractivity contribution in [3.63, 3.8) is 0 Å². The van der Waals surface area contributed by atoms with Crippen molar-refractivity contribution in [3.05, 3.63) is 132 Å². The molecule has 0 bridgehead atoms. The van der Waals surface area contributed by atoms with Crippen LogP contribution >= 0.6 is 0 Å². The molecule has 154 valence electrons. The van der Waals surface area contributed by atoms with E-state index in [0.717, 1.165) is 0 Å². The van der Waals surface area contributed by atoms with Crippen molar-refractivity contribution in [2.24, 2.45) is 0 Å². The van der Waals surface area contributed by atoms with Gasteiger partial charge in [0.15, 0.2) is 0 Å². The van der Waals surface area contributed by atoms with Crippen LogP contribution in [0.1, 0.15) is 0 Å². The second-order valence-electron chi connectivity index (χ2n) is 7.53. The first kappa shape index (κ1) is 19.6. The highest BCUT2D eigenvalue weighted by molar-refractivity contribution is 6.09. The van der Waals surface area contributed by atoms with Gasteiger partial charge in [0.05, 0.1) is 0 Å². The molecular weight excluding hydrogens is 394 g/mol. The van der Waals surface area contributed by atoms with Gasteiger partial charge >= 0.3 is 0 Å². The minimum atomic E-state index is -0.199. The van der Waals surface area contributed by atoms with Crippen molar-refractivity contribution < 1.29 is 4.52 Å². The van der Waals surface area contributed by atoms with Crippen molar-refractivity contribution in [3.8, 4) is 22.3 Å². The topological polar surface area (TPSA) is 46.0 Å². The molecule has 0 aliphatic rings. The molecule has 0 radical (unpaired) electrons. The van der Waals surface area contributed by atoms with E-state index in [2.05, 4.69) is 119 Å². The summed E-state index contributed by atoms with van der Waals surface area (Å²) in [5.41, 5.74) is 4.89. The molecule has 0 unspecified atom stereocenters. The molecule has 6 rings (SSSR count). The lowest BCUT2D eigenvalue weighted by atomic mass is 9.89. The average Bonchev–Trinajstić information content (AvgIpc) is 3.34. The van der Waals surface area contributed by atoms with Crippen LogP contribution in [0.2, 0.25) is 0 Å². The lowest BCUT2D eigenvalue weighted by Gasteiger charge is -2.15. The molecule has 0 saturated carbocycles. The maximum Gasteiger partial charge on any atom is 0.279 e. The third kappa shape index (κ3) is 3.96. The number of aromatic amines is 1. The van der Waals surface area contributed by atoms with E-state index in [4.69, 9.17) is 0 Å². The van der Waals surface area contributed by atoms with Crippen LogP contribution in [-0.2, 0) is 0 Å². The van der Waals surface area contributed by atoms with E-state index in [-0.39, 0.29) is 5.56 Å². The number of benzene rings is 5. The second kappa shape index (κ2) is 8.78. The van der Waals surface area contributed by atoms with E-state index in [1.54, 1.807) is 0 Å². The molecule has 5 aromatic carbocycles. The summed E-state index contributed by atoms with van der Waals surface area (Å²) in [5, 5.41) is 7.22. The summed E-state index contributed by atoms with van der Waals surface area (Å²) in [4.78, 5) is 9.92. The molecule has 6 aromatic rings. The molecule has 0 fully saturated rings. The van der Waals surface area contributed by atoms with Gasteiger partial charge in [0.2, 0.25) is 0 Å². The fourth-order valence-electron chi connectivity index (χ4n) is 4.01. The molecule has 1 heterocycles. The molecule has 0 saturated heterocycles. The van der Waals surface area contributed by atoms with Crippen molar-refractivity contribution >= 4 is 21.5 Å². The van der Waals surface area contributed by atoms with Crippen LogP contribution in [0.4, 0.5) is 0 Å². The van der Waals surface area contributed by atoms with Crippen LogP contribution in [0.15, 0.2) is 131 Å². The van der Waals surface area contributed by atoms with Crippen LogP contribution in [0, 0.1) is 0 Å². The summed E-state index contributed by atoms with van der Waals surface area (Å²) < 4.78 is 4.28. The number of fused-ring (bicyclic) bond motifs is 2. The van der Waals surface area contributed by atoms with Crippen LogP contribution < -0.4 is 5.56 Å². The Labute approximate surface area is 185 Å². The minimum Gasteiger partial charge on any atom is -0.387 e. The maximum absolute atomic E-state index is 9.92. The second-order valence-corrected chi connectivity index (χ2v) is 7.53. The molecule has 1 N–H and O–H groups in total. The third-order valence-electron chi connectivity index (χ3n) is 5.48. The molecule has 32 heavy (non-hydrogen) atoms. The summed E-state index contributed by atoms with van der Waals surface area (Å²) in [7, 11) is 0. The summed E-state index contributed by atoms with van der Waals surface area (Å²) in [6, 6.07) is 40.4. The van der Waals surface area contributed by atoms with Gasteiger partial charge in [-0.25, -0.2) is 0 Å². The van der Waals surface area contributed by atoms with Gasteiger partial charge in [-0.2, -0.15) is 5.16 Å². The Kier molecular flexibility index (Phi) is 5.38. The van der Waals surface area contributed by atoms with Crippen molar-refractivity contribution in [1.82, 2.24) is 5.16 Å². The minimum absolute atomic E-state index is 0.199. The van der Waals surface area contributed by atoms with E-state index in [1.807, 2.05) is 0 Å². The van der Waals surface area contributed by atoms with Crippen molar-refractivity contribution in [1.29, 1.82) is 0 Å². The predicted octanol–water partition coefficient (Wildman–Crippen LogP) is 7.29. The van der Waals surface area contributed by atoms with Crippen LogP contribution in [-0.4, -0.2) is 5.16 Å². The van der Waals surface area contributed by atoms with E-state index in [9.17, 15) is 4.79 Å². The Hall–Kier alpha value is -4.37. The van der Waals surface area contributed by atoms with E-state index >= 15 is 0 Å². The van der Waals surface area contributed by atoms with Gasteiger partial charge in [0, 0.05) is 6.07 Å². The van der Waals surface area contributed by atoms with Gasteiger partial charge < -0.3 is 4.52 Å². The van der Waals surface area contributed by atoms with E-state index < -0.39 is 0 Å². The fourth-order valence-corrected chi connectivity index (χ4v) is 4.01. The van der Waals surface area contributed by atoms with Crippen molar-refractivity contribution in [2.45, 2.75) is 0 Å². The molecule has 0 aliphatic heterocycles. The van der Waals surface area contributed by atoms with E-state index in [1.165, 1.54) is 56.1 Å². The molecular formula is C29H21NO2. The first-order valence-corrected chi connectivity index (χ1v) is 10.5. The zero-order chi connectivity index (χ0) is 21.8. The summed E-state index contributed by atoms with van der Waals surface area (Å²) in [6.45, 7) is 0. The smallest absolute Gasteiger partial charge is 0.279 e. The highest BCUT2D eigenvalue weighted by atomic mass is 16.5. The van der Waals surface area contributed by atoms with Crippen LogP contribution in [0.5, 0.6) is 0 Å². The molecule has 1 aromatic heterocycles.